The number of alkyl halides is 1. The summed E-state index contributed by atoms with van der Waals surface area (Å²) in [6.07, 6.45) is 4.15. The number of aryl methyl sites for hydroxylation is 3. The van der Waals surface area contributed by atoms with Gasteiger partial charge in [-0.05, 0) is 18.6 Å². The number of amides is 6. The van der Waals surface area contributed by atoms with Crippen LogP contribution >= 0.6 is 27.7 Å². The second kappa shape index (κ2) is 21.4. The first kappa shape index (κ1) is 46.2. The molecule has 6 amide bonds. The minimum absolute atomic E-state index is 0.0350. The Morgan fingerprint density at radius 1 is 0.828 bits per heavy atom. The summed E-state index contributed by atoms with van der Waals surface area (Å²) in [7, 11) is 4.75. The molecule has 0 aromatic carbocycles. The molecule has 314 valence electrons. The molecule has 0 bridgehead atoms. The third-order valence-electron chi connectivity index (χ3n) is 7.90. The van der Waals surface area contributed by atoms with Crippen LogP contribution in [0.4, 0.5) is 17.2 Å². The lowest BCUT2D eigenvalue weighted by molar-refractivity contribution is -0.139. The Balaban J connectivity index is 1.56. The van der Waals surface area contributed by atoms with Gasteiger partial charge in [-0.25, -0.2) is 4.98 Å². The first-order chi connectivity index (χ1) is 27.2. The number of nitrogens with one attached hydrogen (secondary N) is 7. The fraction of sp³-hybridized carbons (Fsp3) is 0.394. The van der Waals surface area contributed by atoms with Crippen molar-refractivity contribution in [2.45, 2.75) is 36.2 Å². The third kappa shape index (κ3) is 14.1. The summed E-state index contributed by atoms with van der Waals surface area (Å²) < 4.78 is 4.38. The third-order valence-corrected chi connectivity index (χ3v) is 10.2. The zero-order chi connectivity index (χ0) is 43.3. The second-order valence-electron chi connectivity index (χ2n) is 12.7. The van der Waals surface area contributed by atoms with Crippen LogP contribution in [-0.2, 0) is 45.1 Å². The van der Waals surface area contributed by atoms with Gasteiger partial charge >= 0.3 is 11.9 Å². The fourth-order valence-electron chi connectivity index (χ4n) is 4.95. The molecule has 0 radical (unpaired) electrons. The van der Waals surface area contributed by atoms with Gasteiger partial charge in [-0.1, -0.05) is 15.9 Å². The molecule has 3 aromatic rings. The van der Waals surface area contributed by atoms with Crippen LogP contribution in [-0.4, -0.2) is 124 Å². The quantitative estimate of drug-likeness (QED) is 0.0327. The summed E-state index contributed by atoms with van der Waals surface area (Å²) in [4.78, 5) is 102. The van der Waals surface area contributed by atoms with E-state index in [4.69, 9.17) is 27.1 Å². The smallest absolute Gasteiger partial charge is 0.322 e. The first-order valence-corrected chi connectivity index (χ1v) is 19.2. The zero-order valence-electron chi connectivity index (χ0n) is 31.5. The predicted molar refractivity (Wildman–Crippen MR) is 215 cm³/mol. The van der Waals surface area contributed by atoms with E-state index >= 15 is 0 Å². The standard InChI is InChI=1S/C33H44BrN13O10S/c1-45-11-16(8-21(45)30(53)38-7-6-23(36)37)40-31(54)22-9-17(12-46(22)2)41-32(55)27-43-24(13-47(27)3)44-28(51)18(34)14-58-15-20(29(52)39-10-26(49)50)42-25(48)5-4-19(35)33(56)57/h8-9,11-13,18-20H,4-7,10,14-15,35H2,1-3H3,(H3,36,37)(H,38,53)(H,39,52)(H,40,54)(H,41,55)(H,42,48)(H,44,51)(H,49,50)(H,56,57). The Labute approximate surface area is 343 Å². The highest BCUT2D eigenvalue weighted by Crippen LogP contribution is 2.19. The van der Waals surface area contributed by atoms with E-state index < -0.39 is 70.8 Å². The number of hydrogen-bond acceptors (Lipinski definition) is 12. The SMILES string of the molecule is Cn1cc(NC(=O)c2cc(NC(=O)c3nc(NC(=O)C(Br)CSCC(NC(=O)CCC(N)C(=O)O)C(=O)NCC(=O)O)cn3C)cn2C)cc1C(=O)NCCC(=N)N. The van der Waals surface area contributed by atoms with Gasteiger partial charge in [-0.15, -0.1) is 0 Å². The molecule has 3 atom stereocenters. The maximum Gasteiger partial charge on any atom is 0.322 e. The number of anilines is 3. The van der Waals surface area contributed by atoms with Crippen molar-refractivity contribution < 1.29 is 48.6 Å². The minimum Gasteiger partial charge on any atom is -0.480 e. The number of imidazole rings is 1. The molecule has 0 aliphatic rings. The molecular formula is C33H44BrN13O10S. The van der Waals surface area contributed by atoms with E-state index in [0.717, 1.165) is 11.8 Å². The van der Waals surface area contributed by atoms with Gasteiger partial charge < -0.3 is 67.3 Å². The van der Waals surface area contributed by atoms with Crippen LogP contribution in [0.15, 0.2) is 30.7 Å². The van der Waals surface area contributed by atoms with Crippen LogP contribution in [0.25, 0.3) is 0 Å². The van der Waals surface area contributed by atoms with Crippen molar-refractivity contribution in [1.29, 1.82) is 5.41 Å². The van der Waals surface area contributed by atoms with E-state index in [1.54, 1.807) is 20.3 Å². The normalized spacial score (nSPS) is 12.4. The molecular weight excluding hydrogens is 850 g/mol. The van der Waals surface area contributed by atoms with Gasteiger partial charge in [0.1, 0.15) is 34.8 Å². The largest absolute Gasteiger partial charge is 0.480 e. The van der Waals surface area contributed by atoms with E-state index in [9.17, 15) is 38.4 Å². The van der Waals surface area contributed by atoms with Crippen LogP contribution in [0.1, 0.15) is 50.9 Å². The average Bonchev–Trinajstić information content (AvgIpc) is 3.83. The van der Waals surface area contributed by atoms with E-state index in [0.29, 0.717) is 5.69 Å². The first-order valence-electron chi connectivity index (χ1n) is 17.1. The topological polar surface area (TPSA) is 353 Å². The van der Waals surface area contributed by atoms with Gasteiger partial charge in [0.15, 0.2) is 5.82 Å². The molecule has 0 spiro atoms. The number of aliphatic carboxylic acids is 2. The number of amidine groups is 1. The Morgan fingerprint density at radius 3 is 2.02 bits per heavy atom. The molecule has 25 heteroatoms. The van der Waals surface area contributed by atoms with E-state index in [1.165, 1.54) is 45.3 Å². The van der Waals surface area contributed by atoms with Gasteiger partial charge in [-0.2, -0.15) is 11.8 Å². The molecule has 0 fully saturated rings. The van der Waals surface area contributed by atoms with Crippen LogP contribution < -0.4 is 43.4 Å². The number of nitrogens with zero attached hydrogens (tertiary/aromatic N) is 4. The van der Waals surface area contributed by atoms with Crippen LogP contribution in [0.3, 0.4) is 0 Å². The van der Waals surface area contributed by atoms with Crippen molar-refractivity contribution in [2.24, 2.45) is 32.6 Å². The summed E-state index contributed by atoms with van der Waals surface area (Å²) in [5.41, 5.74) is 11.8. The number of halogens is 1. The van der Waals surface area contributed by atoms with Crippen molar-refractivity contribution in [3.05, 3.63) is 47.9 Å². The van der Waals surface area contributed by atoms with Gasteiger partial charge in [0.05, 0.1) is 17.2 Å². The van der Waals surface area contributed by atoms with Gasteiger partial charge in [0.25, 0.3) is 17.7 Å². The minimum atomic E-state index is -1.31. The fourth-order valence-corrected chi connectivity index (χ4v) is 6.59. The number of hydrogen-bond donors (Lipinski definition) is 11. The maximum absolute atomic E-state index is 13.2. The number of aromatic nitrogens is 4. The maximum atomic E-state index is 13.2. The molecule has 23 nitrogen and oxygen atoms in total. The number of carbonyl (C=O) groups excluding carboxylic acids is 6. The molecule has 58 heavy (non-hydrogen) atoms. The Hall–Kier alpha value is -6.21. The van der Waals surface area contributed by atoms with Crippen LogP contribution in [0.5, 0.6) is 0 Å². The second-order valence-corrected chi connectivity index (χ2v) is 14.8. The summed E-state index contributed by atoms with van der Waals surface area (Å²) in [6, 6.07) is 0.416. The number of carboxylic acid groups (broad SMARTS) is 2. The number of carbonyl (C=O) groups is 8. The van der Waals surface area contributed by atoms with E-state index in [2.05, 4.69) is 52.8 Å². The molecule has 3 aromatic heterocycles. The molecule has 0 saturated heterocycles. The van der Waals surface area contributed by atoms with E-state index in [-0.39, 0.29) is 71.9 Å². The lowest BCUT2D eigenvalue weighted by Crippen LogP contribution is -2.49. The Morgan fingerprint density at radius 2 is 1.43 bits per heavy atom. The predicted octanol–water partition coefficient (Wildman–Crippen LogP) is -1.03. The summed E-state index contributed by atoms with van der Waals surface area (Å²) >= 11 is 4.33. The zero-order valence-corrected chi connectivity index (χ0v) is 33.9. The molecule has 0 saturated carbocycles. The highest BCUT2D eigenvalue weighted by Gasteiger charge is 2.25. The molecule has 13 N–H and O–H groups in total. The number of carboxylic acids is 2. The van der Waals surface area contributed by atoms with Gasteiger partial charge in [0.2, 0.25) is 23.5 Å². The summed E-state index contributed by atoms with van der Waals surface area (Å²) in [5, 5.41) is 40.3. The highest BCUT2D eigenvalue weighted by molar-refractivity contribution is 9.10. The Bertz CT molecular complexity index is 2060. The van der Waals surface area contributed by atoms with Crippen LogP contribution in [0.2, 0.25) is 0 Å². The number of rotatable bonds is 22. The molecule has 3 unspecified atom stereocenters. The average molecular weight is 895 g/mol. The molecule has 3 heterocycles. The van der Waals surface area contributed by atoms with Crippen molar-refractivity contribution in [2.75, 3.05) is 40.5 Å². The number of thioether (sulfide) groups is 1. The molecule has 0 aliphatic heterocycles. The van der Waals surface area contributed by atoms with Crippen molar-refractivity contribution in [1.82, 2.24) is 34.6 Å². The summed E-state index contributed by atoms with van der Waals surface area (Å²) in [5.74, 6) is -6.38. The number of nitrogens with two attached hydrogens (primary N) is 2. The van der Waals surface area contributed by atoms with Gasteiger partial charge in [-0.3, -0.25) is 43.8 Å². The monoisotopic (exact) mass is 893 g/mol. The Kier molecular flexibility index (Phi) is 17.0. The molecule has 3 rings (SSSR count). The summed E-state index contributed by atoms with van der Waals surface area (Å²) in [6.45, 7) is -0.528. The van der Waals surface area contributed by atoms with Crippen LogP contribution in [0, 0.1) is 5.41 Å². The lowest BCUT2D eigenvalue weighted by atomic mass is 10.1. The molecule has 0 aliphatic carbocycles. The van der Waals surface area contributed by atoms with Gasteiger partial charge in [0, 0.05) is 70.6 Å². The van der Waals surface area contributed by atoms with Crippen molar-refractivity contribution in [3.8, 4) is 0 Å². The van der Waals surface area contributed by atoms with Crippen molar-refractivity contribution in [3.63, 3.8) is 0 Å². The highest BCUT2D eigenvalue weighted by atomic mass is 79.9. The van der Waals surface area contributed by atoms with E-state index in [1.807, 2.05) is 0 Å². The lowest BCUT2D eigenvalue weighted by Gasteiger charge is -2.19. The van der Waals surface area contributed by atoms with Crippen molar-refractivity contribution >= 4 is 98.1 Å².